The molecule has 0 aromatic carbocycles. The summed E-state index contributed by atoms with van der Waals surface area (Å²) in [4.78, 5) is 18.8. The summed E-state index contributed by atoms with van der Waals surface area (Å²) >= 11 is 0. The number of carbonyl (C=O) groups excluding carboxylic acids is 1. The predicted octanol–water partition coefficient (Wildman–Crippen LogP) is 1.62. The lowest BCUT2D eigenvalue weighted by atomic mass is 10.1. The van der Waals surface area contributed by atoms with Crippen LogP contribution in [-0.2, 0) is 0 Å². The zero-order valence-corrected chi connectivity index (χ0v) is 12.5. The van der Waals surface area contributed by atoms with Crippen LogP contribution in [0.25, 0.3) is 5.82 Å². The average molecular weight is 308 g/mol. The third-order valence-electron chi connectivity index (χ3n) is 4.17. The van der Waals surface area contributed by atoms with Gasteiger partial charge in [0.1, 0.15) is 0 Å². The number of likely N-dealkylation sites (tertiary alicyclic amines) is 1. The first-order valence-corrected chi connectivity index (χ1v) is 7.56. The number of hydrogen-bond donors (Lipinski definition) is 1. The molecule has 7 heteroatoms. The van der Waals surface area contributed by atoms with Crippen LogP contribution in [0.2, 0.25) is 0 Å². The van der Waals surface area contributed by atoms with Crippen molar-refractivity contribution in [3.63, 3.8) is 0 Å². The van der Waals surface area contributed by atoms with Gasteiger partial charge >= 0.3 is 0 Å². The number of pyridine rings is 1. The zero-order valence-electron chi connectivity index (χ0n) is 12.5. The van der Waals surface area contributed by atoms with E-state index in [1.165, 1.54) is 0 Å². The molecule has 0 bridgehead atoms. The van der Waals surface area contributed by atoms with Crippen molar-refractivity contribution in [3.8, 4) is 5.82 Å². The van der Waals surface area contributed by atoms with Gasteiger partial charge in [0.15, 0.2) is 5.82 Å². The summed E-state index contributed by atoms with van der Waals surface area (Å²) in [6.45, 7) is 1.46. The maximum atomic E-state index is 12.6. The lowest BCUT2D eigenvalue weighted by Crippen LogP contribution is -2.28. The first-order chi connectivity index (χ1) is 11.3. The van der Waals surface area contributed by atoms with E-state index in [-0.39, 0.29) is 5.91 Å². The maximum Gasteiger partial charge on any atom is 0.255 e. The number of nitrogens with one attached hydrogen (secondary N) is 1. The van der Waals surface area contributed by atoms with Crippen molar-refractivity contribution >= 4 is 5.91 Å². The van der Waals surface area contributed by atoms with E-state index in [9.17, 15) is 4.79 Å². The molecule has 1 fully saturated rings. The lowest BCUT2D eigenvalue weighted by molar-refractivity contribution is 0.0790. The second kappa shape index (κ2) is 5.68. The Morgan fingerprint density at radius 1 is 1.26 bits per heavy atom. The number of nitrogens with zero attached hydrogens (tertiary/aromatic N) is 5. The second-order valence-electron chi connectivity index (χ2n) is 5.60. The van der Waals surface area contributed by atoms with Gasteiger partial charge in [-0.15, -0.1) is 0 Å². The van der Waals surface area contributed by atoms with Crippen LogP contribution in [0.5, 0.6) is 0 Å². The van der Waals surface area contributed by atoms with E-state index >= 15 is 0 Å². The Labute approximate surface area is 133 Å². The minimum Gasteiger partial charge on any atom is -0.338 e. The lowest BCUT2D eigenvalue weighted by Gasteiger charge is -2.16. The Morgan fingerprint density at radius 2 is 2.22 bits per heavy atom. The molecule has 23 heavy (non-hydrogen) atoms. The number of rotatable bonds is 3. The number of aromatic nitrogens is 5. The number of carbonyl (C=O) groups is 1. The molecule has 0 aliphatic carbocycles. The summed E-state index contributed by atoms with van der Waals surface area (Å²) in [5, 5.41) is 11.1. The van der Waals surface area contributed by atoms with Crippen LogP contribution in [0.4, 0.5) is 0 Å². The highest BCUT2D eigenvalue weighted by atomic mass is 16.2. The van der Waals surface area contributed by atoms with Crippen molar-refractivity contribution in [1.29, 1.82) is 0 Å². The summed E-state index contributed by atoms with van der Waals surface area (Å²) in [7, 11) is 0. The highest BCUT2D eigenvalue weighted by Crippen LogP contribution is 2.26. The fourth-order valence-corrected chi connectivity index (χ4v) is 2.93. The quantitative estimate of drug-likeness (QED) is 0.797. The van der Waals surface area contributed by atoms with E-state index in [1.807, 2.05) is 29.3 Å². The summed E-state index contributed by atoms with van der Waals surface area (Å²) < 4.78 is 1.67. The maximum absolute atomic E-state index is 12.6. The Balaban J connectivity index is 1.47. The molecular formula is C16H16N6O. The van der Waals surface area contributed by atoms with Gasteiger partial charge in [-0.05, 0) is 30.7 Å². The van der Waals surface area contributed by atoms with E-state index in [1.54, 1.807) is 29.3 Å². The van der Waals surface area contributed by atoms with Crippen molar-refractivity contribution in [2.24, 2.45) is 0 Å². The molecule has 1 N–H and O–H groups in total. The van der Waals surface area contributed by atoms with Gasteiger partial charge in [0, 0.05) is 49.5 Å². The van der Waals surface area contributed by atoms with Gasteiger partial charge in [-0.25, -0.2) is 9.67 Å². The van der Waals surface area contributed by atoms with E-state index < -0.39 is 0 Å². The smallest absolute Gasteiger partial charge is 0.255 e. The standard InChI is InChI=1S/C16H16N6O/c23-16(21-9-5-13(11-21)14-4-7-18-20-14)12-2-3-15(17-10-12)22-8-1-6-19-22/h1-4,6-8,10,13H,5,9,11H2,(H,18,20)/t13-/m1/s1. The van der Waals surface area contributed by atoms with Gasteiger partial charge in [-0.3, -0.25) is 9.89 Å². The summed E-state index contributed by atoms with van der Waals surface area (Å²) in [6, 6.07) is 7.41. The van der Waals surface area contributed by atoms with E-state index in [4.69, 9.17) is 0 Å². The first kappa shape index (κ1) is 13.7. The molecule has 0 spiro atoms. The fourth-order valence-electron chi connectivity index (χ4n) is 2.93. The van der Waals surface area contributed by atoms with Crippen LogP contribution >= 0.6 is 0 Å². The monoisotopic (exact) mass is 308 g/mol. The molecule has 0 radical (unpaired) electrons. The van der Waals surface area contributed by atoms with Crippen LogP contribution in [0.3, 0.4) is 0 Å². The minimum absolute atomic E-state index is 0.0199. The molecule has 1 atom stereocenters. The van der Waals surface area contributed by atoms with Crippen LogP contribution in [0.15, 0.2) is 49.1 Å². The molecule has 1 aliphatic heterocycles. The van der Waals surface area contributed by atoms with Crippen molar-refractivity contribution in [3.05, 3.63) is 60.3 Å². The van der Waals surface area contributed by atoms with Gasteiger partial charge in [0.05, 0.1) is 5.56 Å². The third kappa shape index (κ3) is 2.61. The van der Waals surface area contributed by atoms with Crippen LogP contribution in [0, 0.1) is 0 Å². The molecule has 1 aliphatic rings. The zero-order chi connectivity index (χ0) is 15.6. The van der Waals surface area contributed by atoms with Gasteiger partial charge in [0.2, 0.25) is 0 Å². The molecule has 1 saturated heterocycles. The van der Waals surface area contributed by atoms with Crippen molar-refractivity contribution in [1.82, 2.24) is 29.9 Å². The van der Waals surface area contributed by atoms with Crippen molar-refractivity contribution < 1.29 is 4.79 Å². The topological polar surface area (TPSA) is 79.7 Å². The molecule has 4 heterocycles. The van der Waals surface area contributed by atoms with Crippen LogP contribution < -0.4 is 0 Å². The predicted molar refractivity (Wildman–Crippen MR) is 83.2 cm³/mol. The summed E-state index contributed by atoms with van der Waals surface area (Å²) in [5.74, 6) is 1.05. The van der Waals surface area contributed by atoms with Gasteiger partial charge in [0.25, 0.3) is 5.91 Å². The van der Waals surface area contributed by atoms with E-state index in [0.29, 0.717) is 23.8 Å². The van der Waals surface area contributed by atoms with Gasteiger partial charge < -0.3 is 4.90 Å². The van der Waals surface area contributed by atoms with E-state index in [0.717, 1.165) is 18.7 Å². The Hall–Kier alpha value is -2.96. The van der Waals surface area contributed by atoms with Crippen LogP contribution in [-0.4, -0.2) is 48.9 Å². The molecule has 0 unspecified atom stereocenters. The van der Waals surface area contributed by atoms with Crippen molar-refractivity contribution in [2.45, 2.75) is 12.3 Å². The number of amides is 1. The molecule has 0 saturated carbocycles. The molecule has 3 aromatic heterocycles. The number of aromatic amines is 1. The molecule has 116 valence electrons. The third-order valence-corrected chi connectivity index (χ3v) is 4.17. The van der Waals surface area contributed by atoms with E-state index in [2.05, 4.69) is 20.3 Å². The second-order valence-corrected chi connectivity index (χ2v) is 5.60. The van der Waals surface area contributed by atoms with Crippen LogP contribution in [0.1, 0.15) is 28.4 Å². The van der Waals surface area contributed by atoms with Gasteiger partial charge in [-0.1, -0.05) is 0 Å². The highest BCUT2D eigenvalue weighted by Gasteiger charge is 2.28. The number of H-pyrrole nitrogens is 1. The minimum atomic E-state index is 0.0199. The fraction of sp³-hybridized carbons (Fsp3) is 0.250. The first-order valence-electron chi connectivity index (χ1n) is 7.56. The average Bonchev–Trinajstić information content (AvgIpc) is 3.36. The molecule has 1 amide bonds. The number of hydrogen-bond acceptors (Lipinski definition) is 4. The summed E-state index contributed by atoms with van der Waals surface area (Å²) in [6.07, 6.45) is 7.83. The molecule has 7 nitrogen and oxygen atoms in total. The Morgan fingerprint density at radius 3 is 2.91 bits per heavy atom. The van der Waals surface area contributed by atoms with Crippen molar-refractivity contribution in [2.75, 3.05) is 13.1 Å². The molecule has 4 rings (SSSR count). The van der Waals surface area contributed by atoms with Gasteiger partial charge in [-0.2, -0.15) is 10.2 Å². The normalized spacial score (nSPS) is 17.6. The Bertz CT molecular complexity index is 779. The molecule has 3 aromatic rings. The SMILES string of the molecule is O=C(c1ccc(-n2cccn2)nc1)N1CC[C@@H](c2ccn[nH]2)C1. The largest absolute Gasteiger partial charge is 0.338 e. The summed E-state index contributed by atoms with van der Waals surface area (Å²) in [5.41, 5.74) is 1.69. The highest BCUT2D eigenvalue weighted by molar-refractivity contribution is 5.94. The Kier molecular flexibility index (Phi) is 3.38. The molecular weight excluding hydrogens is 292 g/mol.